The molecule has 2 aliphatic rings. The number of ether oxygens (including phenoxy) is 2. The average Bonchev–Trinajstić information content (AvgIpc) is 2.81. The Kier molecular flexibility index (Phi) is 7.11. The Morgan fingerprint density at radius 1 is 1.22 bits per heavy atom. The van der Waals surface area contributed by atoms with Crippen molar-refractivity contribution in [3.05, 3.63) is 51.7 Å². The second-order valence-electron chi connectivity index (χ2n) is 7.64. The Balaban J connectivity index is 1.41. The summed E-state index contributed by atoms with van der Waals surface area (Å²) in [5.74, 6) is -0.785. The van der Waals surface area contributed by atoms with E-state index in [0.29, 0.717) is 44.9 Å². The molecule has 0 saturated carbocycles. The zero-order chi connectivity index (χ0) is 22.7. The fourth-order valence-electron chi connectivity index (χ4n) is 3.83. The molecule has 0 unspecified atom stereocenters. The van der Waals surface area contributed by atoms with E-state index in [2.05, 4.69) is 10.4 Å². The Labute approximate surface area is 190 Å². The van der Waals surface area contributed by atoms with Crippen molar-refractivity contribution in [1.82, 2.24) is 14.1 Å². The van der Waals surface area contributed by atoms with Crippen LogP contribution in [-0.4, -0.2) is 68.1 Å². The predicted molar refractivity (Wildman–Crippen MR) is 116 cm³/mol. The topological polar surface area (TPSA) is 103 Å². The number of hydrogen-bond acceptors (Lipinski definition) is 7. The van der Waals surface area contributed by atoms with Crippen molar-refractivity contribution < 1.29 is 22.3 Å². The van der Waals surface area contributed by atoms with Gasteiger partial charge in [0.25, 0.3) is 5.56 Å². The van der Waals surface area contributed by atoms with Gasteiger partial charge in [-0.15, -0.1) is 0 Å². The third kappa shape index (κ3) is 4.81. The summed E-state index contributed by atoms with van der Waals surface area (Å²) in [7, 11) is -3.95. The minimum atomic E-state index is -3.95. The van der Waals surface area contributed by atoms with Gasteiger partial charge in [-0.2, -0.15) is 9.40 Å². The molecule has 0 bridgehead atoms. The second-order valence-corrected chi connectivity index (χ2v) is 9.92. The van der Waals surface area contributed by atoms with Gasteiger partial charge in [0.2, 0.25) is 10.0 Å². The third-order valence-corrected chi connectivity index (χ3v) is 7.87. The van der Waals surface area contributed by atoms with E-state index in [0.717, 1.165) is 6.07 Å². The van der Waals surface area contributed by atoms with Crippen LogP contribution in [0.3, 0.4) is 0 Å². The molecule has 2 aliphatic heterocycles. The quantitative estimate of drug-likeness (QED) is 0.665. The predicted octanol–water partition coefficient (Wildman–Crippen LogP) is 1.89. The summed E-state index contributed by atoms with van der Waals surface area (Å²) >= 11 is 6.28. The fraction of sp³-hybridized carbons (Fsp3) is 0.500. The van der Waals surface area contributed by atoms with Gasteiger partial charge in [0.05, 0.1) is 43.9 Å². The van der Waals surface area contributed by atoms with E-state index in [1.807, 2.05) is 0 Å². The summed E-state index contributed by atoms with van der Waals surface area (Å²) in [6.45, 7) is 2.26. The molecule has 12 heteroatoms. The highest BCUT2D eigenvalue weighted by atomic mass is 35.5. The number of anilines is 1. The van der Waals surface area contributed by atoms with Gasteiger partial charge in [0.1, 0.15) is 15.7 Å². The Bertz CT molecular complexity index is 1120. The van der Waals surface area contributed by atoms with Crippen LogP contribution in [0, 0.1) is 5.82 Å². The lowest BCUT2D eigenvalue weighted by atomic mass is 10.1. The zero-order valence-electron chi connectivity index (χ0n) is 17.2. The number of hydrogen-bond donors (Lipinski definition) is 1. The van der Waals surface area contributed by atoms with E-state index >= 15 is 0 Å². The number of nitrogens with one attached hydrogen (secondary N) is 1. The number of aromatic nitrogens is 2. The number of benzene rings is 1. The van der Waals surface area contributed by atoms with Crippen LogP contribution in [0.15, 0.2) is 40.2 Å². The van der Waals surface area contributed by atoms with Gasteiger partial charge in [-0.05, 0) is 25.0 Å². The maximum atomic E-state index is 14.0. The van der Waals surface area contributed by atoms with Crippen molar-refractivity contribution in [2.75, 3.05) is 44.8 Å². The standard InChI is InChI=1S/C20H24ClFN4O5S/c21-19-17(23-11-15-13-30-9-10-31-15)12-24-26(20(19)27)14-5-7-25(8-6-14)32(28,29)18-4-2-1-3-16(18)22/h1-4,12,14-15,23H,5-11,13H2/t15-/m1/s1. The first-order valence-electron chi connectivity index (χ1n) is 10.3. The smallest absolute Gasteiger partial charge is 0.287 e. The summed E-state index contributed by atoms with van der Waals surface area (Å²) < 4.78 is 53.0. The zero-order valence-corrected chi connectivity index (χ0v) is 18.8. The molecule has 0 radical (unpaired) electrons. The first kappa shape index (κ1) is 23.1. The highest BCUT2D eigenvalue weighted by Gasteiger charge is 2.32. The lowest BCUT2D eigenvalue weighted by Gasteiger charge is -2.31. The normalized spacial score (nSPS) is 20.9. The van der Waals surface area contributed by atoms with Crippen LogP contribution in [0.4, 0.5) is 10.1 Å². The van der Waals surface area contributed by atoms with Crippen molar-refractivity contribution in [1.29, 1.82) is 0 Å². The molecule has 2 aromatic rings. The van der Waals surface area contributed by atoms with Crippen LogP contribution < -0.4 is 10.9 Å². The van der Waals surface area contributed by atoms with E-state index < -0.39 is 21.4 Å². The minimum Gasteiger partial charge on any atom is -0.380 e. The number of sulfonamides is 1. The average molecular weight is 487 g/mol. The first-order valence-corrected chi connectivity index (χ1v) is 12.1. The molecule has 0 spiro atoms. The van der Waals surface area contributed by atoms with Crippen LogP contribution in [-0.2, 0) is 19.5 Å². The molecule has 4 rings (SSSR count). The monoisotopic (exact) mass is 486 g/mol. The van der Waals surface area contributed by atoms with Crippen molar-refractivity contribution in [3.8, 4) is 0 Å². The summed E-state index contributed by atoms with van der Waals surface area (Å²) in [5, 5.41) is 7.32. The first-order chi connectivity index (χ1) is 15.4. The minimum absolute atomic E-state index is 0.0122. The molecule has 1 atom stereocenters. The number of rotatable bonds is 6. The van der Waals surface area contributed by atoms with Crippen molar-refractivity contribution in [3.63, 3.8) is 0 Å². The molecule has 1 aromatic carbocycles. The summed E-state index contributed by atoms with van der Waals surface area (Å²) in [6.07, 6.45) is 2.06. The van der Waals surface area contributed by atoms with Crippen molar-refractivity contribution in [2.24, 2.45) is 0 Å². The molecule has 0 amide bonds. The molecule has 2 saturated heterocycles. The number of piperidine rings is 1. The maximum Gasteiger partial charge on any atom is 0.287 e. The molecule has 9 nitrogen and oxygen atoms in total. The molecular weight excluding hydrogens is 463 g/mol. The fourth-order valence-corrected chi connectivity index (χ4v) is 5.56. The Morgan fingerprint density at radius 2 is 1.97 bits per heavy atom. The van der Waals surface area contributed by atoms with Crippen LogP contribution in [0.25, 0.3) is 0 Å². The molecule has 1 aromatic heterocycles. The molecular formula is C20H24ClFN4O5S. The summed E-state index contributed by atoms with van der Waals surface area (Å²) in [4.78, 5) is 12.4. The van der Waals surface area contributed by atoms with Gasteiger partial charge in [0.15, 0.2) is 0 Å². The lowest BCUT2D eigenvalue weighted by molar-refractivity contribution is -0.0818. The van der Waals surface area contributed by atoms with Crippen LogP contribution in [0.2, 0.25) is 5.02 Å². The van der Waals surface area contributed by atoms with Gasteiger partial charge < -0.3 is 14.8 Å². The summed E-state index contributed by atoms with van der Waals surface area (Å²) in [5.41, 5.74) is -0.0467. The van der Waals surface area contributed by atoms with Gasteiger partial charge in [-0.1, -0.05) is 23.7 Å². The van der Waals surface area contributed by atoms with E-state index in [9.17, 15) is 17.6 Å². The van der Waals surface area contributed by atoms with Crippen LogP contribution >= 0.6 is 11.6 Å². The molecule has 0 aliphatic carbocycles. The van der Waals surface area contributed by atoms with Gasteiger partial charge in [-0.3, -0.25) is 4.79 Å². The molecule has 2 fully saturated rings. The molecule has 3 heterocycles. The largest absolute Gasteiger partial charge is 0.380 e. The molecule has 32 heavy (non-hydrogen) atoms. The van der Waals surface area contributed by atoms with Crippen LogP contribution in [0.1, 0.15) is 18.9 Å². The van der Waals surface area contributed by atoms with Gasteiger partial charge in [-0.25, -0.2) is 17.5 Å². The van der Waals surface area contributed by atoms with E-state index in [1.54, 1.807) is 0 Å². The molecule has 174 valence electrons. The Morgan fingerprint density at radius 3 is 2.66 bits per heavy atom. The highest BCUT2D eigenvalue weighted by molar-refractivity contribution is 7.89. The van der Waals surface area contributed by atoms with Gasteiger partial charge in [0, 0.05) is 19.6 Å². The van der Waals surface area contributed by atoms with Crippen molar-refractivity contribution >= 4 is 27.3 Å². The third-order valence-electron chi connectivity index (χ3n) is 5.57. The maximum absolute atomic E-state index is 14.0. The lowest BCUT2D eigenvalue weighted by Crippen LogP contribution is -2.41. The molecule has 1 N–H and O–H groups in total. The highest BCUT2D eigenvalue weighted by Crippen LogP contribution is 2.27. The van der Waals surface area contributed by atoms with E-state index in [-0.39, 0.29) is 35.2 Å². The Hall–Kier alpha value is -2.05. The summed E-state index contributed by atoms with van der Waals surface area (Å²) in [6, 6.07) is 4.98. The number of halogens is 2. The van der Waals surface area contributed by atoms with E-state index in [1.165, 1.54) is 33.4 Å². The van der Waals surface area contributed by atoms with Crippen molar-refractivity contribution in [2.45, 2.75) is 29.9 Å². The van der Waals surface area contributed by atoms with Gasteiger partial charge >= 0.3 is 0 Å². The second kappa shape index (κ2) is 9.84. The SMILES string of the molecule is O=c1c(Cl)c(NC[C@@H]2COCCO2)cnn1C1CCN(S(=O)(=O)c2ccccc2F)CC1. The number of nitrogens with zero attached hydrogens (tertiary/aromatic N) is 3. The van der Waals surface area contributed by atoms with Crippen LogP contribution in [0.5, 0.6) is 0 Å². The van der Waals surface area contributed by atoms with E-state index in [4.69, 9.17) is 21.1 Å².